The van der Waals surface area contributed by atoms with Crippen LogP contribution in [0.25, 0.3) is 6.08 Å². The van der Waals surface area contributed by atoms with Crippen molar-refractivity contribution in [2.24, 2.45) is 0 Å². The van der Waals surface area contributed by atoms with Gasteiger partial charge in [0.1, 0.15) is 0 Å². The van der Waals surface area contributed by atoms with E-state index in [-0.39, 0.29) is 9.52 Å². The first-order valence-electron chi connectivity index (χ1n) is 4.65. The number of allylic oxidation sites excluding steroid dienone is 1. The first kappa shape index (κ1) is 9.27. The molecule has 0 aliphatic rings. The highest BCUT2D eigenvalue weighted by Gasteiger charge is 1.82. The second kappa shape index (κ2) is 5.78. The monoisotopic (exact) mass is 176 g/mol. The highest BCUT2D eigenvalue weighted by Crippen LogP contribution is 2.02. The minimum absolute atomic E-state index is 0.263. The maximum Gasteiger partial charge on any atom is 0.0170 e. The van der Waals surface area contributed by atoms with E-state index < -0.39 is 0 Å². The van der Waals surface area contributed by atoms with Crippen molar-refractivity contribution >= 4 is 15.6 Å². The SMILES string of the molecule is C[SiH2]CCC=Cc1ccccc1. The van der Waals surface area contributed by atoms with Gasteiger partial charge in [-0.25, -0.2) is 0 Å². The zero-order chi connectivity index (χ0) is 8.65. The molecule has 0 heterocycles. The lowest BCUT2D eigenvalue weighted by molar-refractivity contribution is 1.21. The second-order valence-corrected chi connectivity index (χ2v) is 4.66. The fraction of sp³-hybridized carbons (Fsp3) is 0.273. The molecule has 64 valence electrons. The van der Waals surface area contributed by atoms with E-state index in [1.165, 1.54) is 18.0 Å². The molecule has 0 saturated carbocycles. The van der Waals surface area contributed by atoms with E-state index in [2.05, 4.69) is 49.0 Å². The lowest BCUT2D eigenvalue weighted by atomic mass is 10.2. The zero-order valence-electron chi connectivity index (χ0n) is 7.66. The minimum atomic E-state index is 0.263. The Kier molecular flexibility index (Phi) is 4.46. The quantitative estimate of drug-likeness (QED) is 0.489. The standard InChI is InChI=1S/C11H16Si/c1-12-10-6-5-9-11-7-3-2-4-8-11/h2-5,7-9H,6,10,12H2,1H3. The molecule has 0 aromatic heterocycles. The minimum Gasteiger partial charge on any atom is -0.0842 e. The lowest BCUT2D eigenvalue weighted by Crippen LogP contribution is -1.76. The van der Waals surface area contributed by atoms with Crippen LogP contribution in [0.2, 0.25) is 12.6 Å². The van der Waals surface area contributed by atoms with E-state index >= 15 is 0 Å². The number of benzene rings is 1. The molecular weight excluding hydrogens is 160 g/mol. The van der Waals surface area contributed by atoms with Gasteiger partial charge in [0, 0.05) is 9.52 Å². The molecule has 0 nitrogen and oxygen atoms in total. The van der Waals surface area contributed by atoms with Gasteiger partial charge in [0.25, 0.3) is 0 Å². The Morgan fingerprint density at radius 1 is 1.25 bits per heavy atom. The van der Waals surface area contributed by atoms with Gasteiger partial charge >= 0.3 is 0 Å². The summed E-state index contributed by atoms with van der Waals surface area (Å²) in [6, 6.07) is 11.9. The average molecular weight is 176 g/mol. The van der Waals surface area contributed by atoms with Crippen LogP contribution >= 0.6 is 0 Å². The Hall–Kier alpha value is -0.823. The average Bonchev–Trinajstić information content (AvgIpc) is 2.14. The maximum atomic E-state index is 2.36. The Morgan fingerprint density at radius 2 is 2.00 bits per heavy atom. The first-order valence-corrected chi connectivity index (χ1v) is 7.06. The van der Waals surface area contributed by atoms with Crippen LogP contribution in [-0.2, 0) is 0 Å². The van der Waals surface area contributed by atoms with Crippen molar-refractivity contribution in [1.82, 2.24) is 0 Å². The number of hydrogen-bond acceptors (Lipinski definition) is 0. The lowest BCUT2D eigenvalue weighted by Gasteiger charge is -1.91. The summed E-state index contributed by atoms with van der Waals surface area (Å²) in [5, 5.41) is 0. The summed E-state index contributed by atoms with van der Waals surface area (Å²) in [5.41, 5.74) is 1.32. The van der Waals surface area contributed by atoms with Crippen molar-refractivity contribution in [3.8, 4) is 0 Å². The third-order valence-corrected chi connectivity index (χ3v) is 2.95. The molecule has 0 amide bonds. The Morgan fingerprint density at radius 3 is 2.67 bits per heavy atom. The molecule has 0 spiro atoms. The highest BCUT2D eigenvalue weighted by atomic mass is 28.2. The van der Waals surface area contributed by atoms with E-state index in [4.69, 9.17) is 0 Å². The zero-order valence-corrected chi connectivity index (χ0v) is 9.08. The van der Waals surface area contributed by atoms with E-state index in [9.17, 15) is 0 Å². The van der Waals surface area contributed by atoms with Gasteiger partial charge in [0.15, 0.2) is 0 Å². The third kappa shape index (κ3) is 3.53. The van der Waals surface area contributed by atoms with E-state index in [1.807, 2.05) is 0 Å². The number of rotatable bonds is 4. The van der Waals surface area contributed by atoms with Crippen LogP contribution in [0.15, 0.2) is 36.4 Å². The Labute approximate surface area is 77.1 Å². The predicted octanol–water partition coefficient (Wildman–Crippen LogP) is 2.73. The van der Waals surface area contributed by atoms with Crippen molar-refractivity contribution < 1.29 is 0 Å². The van der Waals surface area contributed by atoms with Crippen molar-refractivity contribution in [3.05, 3.63) is 42.0 Å². The van der Waals surface area contributed by atoms with Crippen molar-refractivity contribution in [2.45, 2.75) is 19.0 Å². The van der Waals surface area contributed by atoms with Gasteiger partial charge in [-0.15, -0.1) is 0 Å². The van der Waals surface area contributed by atoms with Crippen LogP contribution < -0.4 is 0 Å². The predicted molar refractivity (Wildman–Crippen MR) is 59.3 cm³/mol. The first-order chi connectivity index (χ1) is 5.93. The second-order valence-electron chi connectivity index (χ2n) is 2.96. The van der Waals surface area contributed by atoms with Gasteiger partial charge in [-0.05, 0) is 12.0 Å². The van der Waals surface area contributed by atoms with E-state index in [0.29, 0.717) is 0 Å². The molecule has 1 aromatic rings. The van der Waals surface area contributed by atoms with Gasteiger partial charge in [-0.1, -0.05) is 55.1 Å². The molecular formula is C11H16Si. The van der Waals surface area contributed by atoms with Gasteiger partial charge < -0.3 is 0 Å². The summed E-state index contributed by atoms with van der Waals surface area (Å²) in [6.45, 7) is 2.36. The highest BCUT2D eigenvalue weighted by molar-refractivity contribution is 6.33. The molecule has 0 saturated heterocycles. The van der Waals surface area contributed by atoms with Crippen LogP contribution in [0, 0.1) is 0 Å². The molecule has 0 atom stereocenters. The van der Waals surface area contributed by atoms with E-state index in [0.717, 1.165) is 0 Å². The molecule has 1 heteroatoms. The van der Waals surface area contributed by atoms with Crippen LogP contribution in [0.4, 0.5) is 0 Å². The Bertz CT molecular complexity index is 226. The molecule has 0 fully saturated rings. The molecule has 0 unspecified atom stereocenters. The summed E-state index contributed by atoms with van der Waals surface area (Å²) in [4.78, 5) is 0. The third-order valence-electron chi connectivity index (χ3n) is 1.83. The molecule has 0 radical (unpaired) electrons. The smallest absolute Gasteiger partial charge is 0.0170 e. The largest absolute Gasteiger partial charge is 0.0842 e. The summed E-state index contributed by atoms with van der Waals surface area (Å²) in [7, 11) is 0.263. The van der Waals surface area contributed by atoms with E-state index in [1.54, 1.807) is 0 Å². The molecule has 1 rings (SSSR count). The molecule has 1 aromatic carbocycles. The van der Waals surface area contributed by atoms with Crippen molar-refractivity contribution in [1.29, 1.82) is 0 Å². The van der Waals surface area contributed by atoms with Gasteiger partial charge in [-0.3, -0.25) is 0 Å². The Balaban J connectivity index is 2.36. The van der Waals surface area contributed by atoms with Crippen LogP contribution in [0.1, 0.15) is 12.0 Å². The fourth-order valence-electron chi connectivity index (χ4n) is 1.11. The molecule has 0 bridgehead atoms. The maximum absolute atomic E-state index is 2.36. The van der Waals surface area contributed by atoms with Gasteiger partial charge in [-0.2, -0.15) is 0 Å². The van der Waals surface area contributed by atoms with Crippen LogP contribution in [-0.4, -0.2) is 9.52 Å². The van der Waals surface area contributed by atoms with Crippen molar-refractivity contribution in [3.63, 3.8) is 0 Å². The molecule has 12 heavy (non-hydrogen) atoms. The fourth-order valence-corrected chi connectivity index (χ4v) is 1.75. The molecule has 0 aliphatic heterocycles. The van der Waals surface area contributed by atoms with Crippen LogP contribution in [0.3, 0.4) is 0 Å². The van der Waals surface area contributed by atoms with Crippen molar-refractivity contribution in [2.75, 3.05) is 0 Å². The summed E-state index contributed by atoms with van der Waals surface area (Å²) < 4.78 is 0. The summed E-state index contributed by atoms with van der Waals surface area (Å²) >= 11 is 0. The van der Waals surface area contributed by atoms with Crippen LogP contribution in [0.5, 0.6) is 0 Å². The molecule has 0 N–H and O–H groups in total. The van der Waals surface area contributed by atoms with Gasteiger partial charge in [0.05, 0.1) is 0 Å². The van der Waals surface area contributed by atoms with Gasteiger partial charge in [0.2, 0.25) is 0 Å². The topological polar surface area (TPSA) is 0 Å². The normalized spacial score (nSPS) is 11.8. The number of hydrogen-bond donors (Lipinski definition) is 0. The molecule has 0 aliphatic carbocycles. The summed E-state index contributed by atoms with van der Waals surface area (Å²) in [5.74, 6) is 0. The summed E-state index contributed by atoms with van der Waals surface area (Å²) in [6.07, 6.45) is 5.76.